The number of fused-ring (bicyclic) bond motifs is 4. The van der Waals surface area contributed by atoms with Gasteiger partial charge in [0.1, 0.15) is 29.0 Å². The quantitative estimate of drug-likeness (QED) is 0.223. The second-order valence-corrected chi connectivity index (χ2v) is 17.2. The molecule has 2 aliphatic heterocycles. The molecular formula is C39H50O18. The van der Waals surface area contributed by atoms with E-state index in [0.717, 1.165) is 41.7 Å². The molecule has 1 aromatic rings. The summed E-state index contributed by atoms with van der Waals surface area (Å²) in [5.74, 6) is -10.4. The Morgan fingerprint density at radius 3 is 2.02 bits per heavy atom. The van der Waals surface area contributed by atoms with Crippen molar-refractivity contribution in [1.82, 2.24) is 0 Å². The lowest BCUT2D eigenvalue weighted by molar-refractivity contribution is -0.443. The Hall–Kier alpha value is -4.10. The standard InChI is InChI=1S/C39H50O18/c1-11-35-14-23-33(8,26(51-17(2)40)22-12-13-50-15-22)27(52-18(3)41)28(53-19(4)42)39(48)34(9)25(24(45)29(46)49-10)32(7)16-36(34,47)38(55-21(6)44,30(32)54-20(5)43)31(56-35)37(23,39)57-35/h12-13,15,23-28,30-31,45,47-48H,11,14,16H2,1-10H3/t23-,24-,25+,26+,27+,28-,30+,31+,32-,33-,34-,35?,36-,37-,38+,39+/m1/s1. The van der Waals surface area contributed by atoms with Crippen LogP contribution in [0.5, 0.6) is 0 Å². The third kappa shape index (κ3) is 4.53. The molecule has 7 rings (SSSR count). The van der Waals surface area contributed by atoms with E-state index in [1.165, 1.54) is 32.4 Å². The molecule has 3 heterocycles. The lowest BCUT2D eigenvalue weighted by Crippen LogP contribution is -2.97. The molecule has 4 aliphatic carbocycles. The molecule has 3 N–H and O–H groups in total. The summed E-state index contributed by atoms with van der Waals surface area (Å²) in [5, 5.41) is 40.4. The molecule has 57 heavy (non-hydrogen) atoms. The van der Waals surface area contributed by atoms with E-state index in [2.05, 4.69) is 0 Å². The highest BCUT2D eigenvalue weighted by Crippen LogP contribution is 2.87. The smallest absolute Gasteiger partial charge is 0.335 e. The van der Waals surface area contributed by atoms with Gasteiger partial charge in [0, 0.05) is 69.3 Å². The molecule has 2 saturated heterocycles. The first kappa shape index (κ1) is 41.1. The van der Waals surface area contributed by atoms with E-state index >= 15 is 0 Å². The number of rotatable bonds is 10. The van der Waals surface area contributed by atoms with Crippen LogP contribution in [0.15, 0.2) is 23.0 Å². The van der Waals surface area contributed by atoms with Crippen molar-refractivity contribution >= 4 is 35.8 Å². The van der Waals surface area contributed by atoms with Gasteiger partial charge in [-0.3, -0.25) is 24.0 Å². The number of aliphatic hydroxyl groups is 3. The minimum absolute atomic E-state index is 0.0450. The highest BCUT2D eigenvalue weighted by atomic mass is 16.8. The van der Waals surface area contributed by atoms with Crippen LogP contribution in [-0.4, -0.2) is 117 Å². The normalized spacial score (nSPS) is 46.6. The number of furan rings is 1. The maximum absolute atomic E-state index is 14.4. The fraction of sp³-hybridized carbons (Fsp3) is 0.744. The van der Waals surface area contributed by atoms with E-state index in [0.29, 0.717) is 0 Å². The predicted molar refractivity (Wildman–Crippen MR) is 185 cm³/mol. The summed E-state index contributed by atoms with van der Waals surface area (Å²) in [4.78, 5) is 80.1. The van der Waals surface area contributed by atoms with Crippen molar-refractivity contribution in [2.24, 2.45) is 28.1 Å². The topological polar surface area (TPSA) is 250 Å². The highest BCUT2D eigenvalue weighted by molar-refractivity contribution is 5.77. The second kappa shape index (κ2) is 12.5. The number of hydrogen-bond donors (Lipinski definition) is 3. The highest BCUT2D eigenvalue weighted by Gasteiger charge is 3.04. The van der Waals surface area contributed by atoms with E-state index in [1.807, 2.05) is 0 Å². The van der Waals surface area contributed by atoms with Crippen LogP contribution in [-0.2, 0) is 66.7 Å². The SMILES string of the molecule is CCC12C[C@@H]3[C@](C)([C@@H](OC(C)=O)c4ccoc4)[C@@H](OC(C)=O)[C@@H](OC(C)=O)[C@@]4(O)[C@]3(O1)[C@H](O2)[C@@]1(OC(C)=O)[C@@H](OC(C)=O)[C@]2(C)C[C@@]1(O)[C@@]4(C)[C@H]2[C@@H](O)C(=O)OC. The summed E-state index contributed by atoms with van der Waals surface area (Å²) in [6.07, 6.45) is -8.92. The van der Waals surface area contributed by atoms with Gasteiger partial charge in [0.2, 0.25) is 5.60 Å². The first-order chi connectivity index (χ1) is 26.4. The molecule has 1 spiro atoms. The summed E-state index contributed by atoms with van der Waals surface area (Å²) >= 11 is 0. The van der Waals surface area contributed by atoms with Gasteiger partial charge in [-0.15, -0.1) is 0 Å². The van der Waals surface area contributed by atoms with Gasteiger partial charge in [-0.2, -0.15) is 0 Å². The summed E-state index contributed by atoms with van der Waals surface area (Å²) in [6.45, 7) is 11.6. The third-order valence-electron chi connectivity index (χ3n) is 14.6. The number of carbonyl (C=O) groups is 6. The molecule has 4 saturated carbocycles. The van der Waals surface area contributed by atoms with E-state index in [9.17, 15) is 44.1 Å². The van der Waals surface area contributed by atoms with Crippen molar-refractivity contribution in [3.05, 3.63) is 24.2 Å². The maximum atomic E-state index is 14.4. The number of carbonyl (C=O) groups excluding carboxylic acids is 6. The molecule has 0 amide bonds. The van der Waals surface area contributed by atoms with Crippen molar-refractivity contribution in [2.45, 2.75) is 146 Å². The molecule has 0 radical (unpaired) electrons. The van der Waals surface area contributed by atoms with Crippen LogP contribution in [0.25, 0.3) is 0 Å². The molecule has 1 aromatic heterocycles. The van der Waals surface area contributed by atoms with Gasteiger partial charge in [0.05, 0.1) is 25.1 Å². The lowest BCUT2D eigenvalue weighted by Gasteiger charge is -2.77. The third-order valence-corrected chi connectivity index (χ3v) is 14.6. The Balaban J connectivity index is 1.69. The zero-order valence-corrected chi connectivity index (χ0v) is 33.4. The van der Waals surface area contributed by atoms with E-state index in [1.54, 1.807) is 13.8 Å². The van der Waals surface area contributed by atoms with Crippen molar-refractivity contribution < 1.29 is 86.4 Å². The fourth-order valence-corrected chi connectivity index (χ4v) is 13.2. The molecule has 6 aliphatic rings. The van der Waals surface area contributed by atoms with Gasteiger partial charge in [-0.1, -0.05) is 27.7 Å². The average molecular weight is 807 g/mol. The molecule has 4 bridgehead atoms. The minimum atomic E-state index is -2.89. The van der Waals surface area contributed by atoms with E-state index in [-0.39, 0.29) is 18.4 Å². The van der Waals surface area contributed by atoms with Crippen LogP contribution in [0.2, 0.25) is 0 Å². The number of ether oxygens (including phenoxy) is 8. The van der Waals surface area contributed by atoms with E-state index < -0.39 is 135 Å². The Morgan fingerprint density at radius 2 is 1.51 bits per heavy atom. The van der Waals surface area contributed by atoms with Crippen molar-refractivity contribution in [3.63, 3.8) is 0 Å². The average Bonchev–Trinajstić information content (AvgIpc) is 3.91. The molecule has 6 fully saturated rings. The summed E-state index contributed by atoms with van der Waals surface area (Å²) < 4.78 is 55.2. The first-order valence-electron chi connectivity index (χ1n) is 18.9. The second-order valence-electron chi connectivity index (χ2n) is 17.2. The lowest BCUT2D eigenvalue weighted by atomic mass is 9.32. The molecule has 0 aromatic carbocycles. The Kier molecular flexibility index (Phi) is 8.98. The van der Waals surface area contributed by atoms with Gasteiger partial charge >= 0.3 is 35.8 Å². The molecule has 314 valence electrons. The van der Waals surface area contributed by atoms with Gasteiger partial charge < -0.3 is 57.6 Å². The minimum Gasteiger partial charge on any atom is -0.472 e. The van der Waals surface area contributed by atoms with Crippen LogP contribution in [0.1, 0.15) is 93.2 Å². The zero-order chi connectivity index (χ0) is 42.3. The summed E-state index contributed by atoms with van der Waals surface area (Å²) in [6, 6.07) is 1.51. The van der Waals surface area contributed by atoms with Crippen LogP contribution < -0.4 is 0 Å². The van der Waals surface area contributed by atoms with Crippen molar-refractivity contribution in [3.8, 4) is 0 Å². The number of esters is 6. The number of aliphatic hydroxyl groups excluding tert-OH is 1. The largest absolute Gasteiger partial charge is 0.472 e. The molecule has 18 nitrogen and oxygen atoms in total. The molecule has 1 unspecified atom stereocenters. The zero-order valence-electron chi connectivity index (χ0n) is 33.4. The van der Waals surface area contributed by atoms with Crippen LogP contribution in [0, 0.1) is 28.1 Å². The predicted octanol–water partition coefficient (Wildman–Crippen LogP) is 1.34. The fourth-order valence-electron chi connectivity index (χ4n) is 13.2. The monoisotopic (exact) mass is 806 g/mol. The van der Waals surface area contributed by atoms with Crippen LogP contribution >= 0.6 is 0 Å². The van der Waals surface area contributed by atoms with Crippen LogP contribution in [0.4, 0.5) is 0 Å². The Bertz CT molecular complexity index is 1910. The van der Waals surface area contributed by atoms with Gasteiger partial charge in [0.15, 0.2) is 30.2 Å². The summed E-state index contributed by atoms with van der Waals surface area (Å²) in [5.41, 5.74) is -16.1. The van der Waals surface area contributed by atoms with Gasteiger partial charge in [-0.05, 0) is 18.9 Å². The Morgan fingerprint density at radius 1 is 0.895 bits per heavy atom. The van der Waals surface area contributed by atoms with Crippen LogP contribution in [0.3, 0.4) is 0 Å². The number of hydrogen-bond acceptors (Lipinski definition) is 18. The van der Waals surface area contributed by atoms with E-state index in [4.69, 9.17) is 42.3 Å². The van der Waals surface area contributed by atoms with Crippen molar-refractivity contribution in [1.29, 1.82) is 0 Å². The molecule has 16 atom stereocenters. The van der Waals surface area contributed by atoms with Crippen molar-refractivity contribution in [2.75, 3.05) is 7.11 Å². The number of methoxy groups -OCH3 is 1. The first-order valence-corrected chi connectivity index (χ1v) is 18.9. The Labute approximate surface area is 327 Å². The maximum Gasteiger partial charge on any atom is 0.335 e. The van der Waals surface area contributed by atoms with Gasteiger partial charge in [-0.25, -0.2) is 4.79 Å². The van der Waals surface area contributed by atoms with Gasteiger partial charge in [0.25, 0.3) is 0 Å². The molecular weight excluding hydrogens is 756 g/mol. The summed E-state index contributed by atoms with van der Waals surface area (Å²) in [7, 11) is 1.02. The molecule has 18 heteroatoms.